The van der Waals surface area contributed by atoms with Crippen LogP contribution in [0.25, 0.3) is 0 Å². The summed E-state index contributed by atoms with van der Waals surface area (Å²) in [5.74, 6) is 0.900. The smallest absolute Gasteiger partial charge is 0.272 e. The van der Waals surface area contributed by atoms with Crippen molar-refractivity contribution in [2.45, 2.75) is 63.5 Å². The number of β-amino-alcohol motifs (C(OH)–C–C–N with tert-alkyl or cyclic N) is 1. The van der Waals surface area contributed by atoms with E-state index in [1.54, 1.807) is 24.1 Å². The summed E-state index contributed by atoms with van der Waals surface area (Å²) in [6.07, 6.45) is 7.83. The summed E-state index contributed by atoms with van der Waals surface area (Å²) in [4.78, 5) is 19.0. The zero-order valence-electron chi connectivity index (χ0n) is 15.1. The van der Waals surface area contributed by atoms with E-state index in [4.69, 9.17) is 4.52 Å². The first-order chi connectivity index (χ1) is 12.5. The van der Waals surface area contributed by atoms with E-state index in [0.717, 1.165) is 19.3 Å². The molecule has 2 aromatic heterocycles. The lowest BCUT2D eigenvalue weighted by molar-refractivity contribution is -0.0290. The number of hydrogen-bond donors (Lipinski definition) is 1. The maximum Gasteiger partial charge on any atom is 0.272 e. The van der Waals surface area contributed by atoms with Gasteiger partial charge in [-0.15, -0.1) is 0 Å². The Labute approximate surface area is 152 Å². The van der Waals surface area contributed by atoms with E-state index in [1.807, 2.05) is 4.68 Å². The standard InChI is InChI=1S/C18H25N5O3/c1-13-20-16(26-21-13)11-18(25)8-4-10-22(12-18)17(24)15-7-9-19-23(15)14-5-2-3-6-14/h7,9,14,25H,2-6,8,10-12H2,1H3. The molecule has 0 spiro atoms. The number of nitrogens with zero attached hydrogens (tertiary/aromatic N) is 5. The molecule has 2 aliphatic rings. The molecule has 2 aromatic rings. The average Bonchev–Trinajstić information content (AvgIpc) is 3.35. The molecule has 26 heavy (non-hydrogen) atoms. The summed E-state index contributed by atoms with van der Waals surface area (Å²) in [5.41, 5.74) is -0.416. The van der Waals surface area contributed by atoms with Gasteiger partial charge in [0.05, 0.1) is 24.6 Å². The van der Waals surface area contributed by atoms with Crippen LogP contribution >= 0.6 is 0 Å². The Hall–Kier alpha value is -2.22. The zero-order valence-corrected chi connectivity index (χ0v) is 15.1. The van der Waals surface area contributed by atoms with E-state index < -0.39 is 5.60 Å². The van der Waals surface area contributed by atoms with Crippen molar-refractivity contribution in [2.24, 2.45) is 0 Å². The van der Waals surface area contributed by atoms with E-state index in [2.05, 4.69) is 15.2 Å². The SMILES string of the molecule is Cc1noc(CC2(O)CCCN(C(=O)c3ccnn3C3CCCC3)C2)n1. The van der Waals surface area contributed by atoms with E-state index >= 15 is 0 Å². The normalized spacial score (nSPS) is 24.3. The molecule has 1 amide bonds. The fraction of sp³-hybridized carbons (Fsp3) is 0.667. The number of amides is 1. The Kier molecular flexibility index (Phi) is 4.52. The molecule has 8 heteroatoms. The zero-order chi connectivity index (χ0) is 18.1. The summed E-state index contributed by atoms with van der Waals surface area (Å²) in [5, 5.41) is 19.2. The minimum Gasteiger partial charge on any atom is -0.388 e. The predicted molar refractivity (Wildman–Crippen MR) is 92.6 cm³/mol. The van der Waals surface area contributed by atoms with Gasteiger partial charge in [0, 0.05) is 12.7 Å². The highest BCUT2D eigenvalue weighted by atomic mass is 16.5. The highest BCUT2D eigenvalue weighted by molar-refractivity contribution is 5.92. The summed E-state index contributed by atoms with van der Waals surface area (Å²) in [6.45, 7) is 2.65. The van der Waals surface area contributed by atoms with Crippen LogP contribution in [-0.2, 0) is 6.42 Å². The molecule has 4 rings (SSSR count). The monoisotopic (exact) mass is 359 g/mol. The molecule has 3 heterocycles. The van der Waals surface area contributed by atoms with E-state index in [-0.39, 0.29) is 18.9 Å². The number of aromatic nitrogens is 4. The molecule has 1 aliphatic heterocycles. The molecule has 140 valence electrons. The van der Waals surface area contributed by atoms with Crippen LogP contribution in [0.4, 0.5) is 0 Å². The lowest BCUT2D eigenvalue weighted by Crippen LogP contribution is -2.51. The highest BCUT2D eigenvalue weighted by Crippen LogP contribution is 2.31. The number of likely N-dealkylation sites (tertiary alicyclic amines) is 1. The van der Waals surface area contributed by atoms with E-state index in [0.29, 0.717) is 36.4 Å². The molecule has 2 fully saturated rings. The summed E-state index contributed by atoms with van der Waals surface area (Å²) < 4.78 is 7.03. The Morgan fingerprint density at radius 1 is 1.38 bits per heavy atom. The third-order valence-electron chi connectivity index (χ3n) is 5.45. The van der Waals surface area contributed by atoms with Gasteiger partial charge in [0.2, 0.25) is 5.89 Å². The first-order valence-corrected chi connectivity index (χ1v) is 9.38. The first kappa shape index (κ1) is 17.2. The number of aryl methyl sites for hydroxylation is 1. The van der Waals surface area contributed by atoms with Gasteiger partial charge in [0.25, 0.3) is 5.91 Å². The Morgan fingerprint density at radius 2 is 2.19 bits per heavy atom. The fourth-order valence-corrected chi connectivity index (χ4v) is 4.21. The van der Waals surface area contributed by atoms with Gasteiger partial charge < -0.3 is 14.5 Å². The Balaban J connectivity index is 1.49. The molecular weight excluding hydrogens is 334 g/mol. The third-order valence-corrected chi connectivity index (χ3v) is 5.45. The number of aliphatic hydroxyl groups is 1. The van der Waals surface area contributed by atoms with Gasteiger partial charge in [-0.05, 0) is 38.7 Å². The van der Waals surface area contributed by atoms with Gasteiger partial charge >= 0.3 is 0 Å². The minimum atomic E-state index is -1.04. The van der Waals surface area contributed by atoms with Crippen LogP contribution in [0.5, 0.6) is 0 Å². The van der Waals surface area contributed by atoms with Crippen molar-refractivity contribution in [1.82, 2.24) is 24.8 Å². The molecule has 1 saturated carbocycles. The summed E-state index contributed by atoms with van der Waals surface area (Å²) >= 11 is 0. The van der Waals surface area contributed by atoms with Crippen molar-refractivity contribution >= 4 is 5.91 Å². The predicted octanol–water partition coefficient (Wildman–Crippen LogP) is 1.90. The van der Waals surface area contributed by atoms with Crippen molar-refractivity contribution < 1.29 is 14.4 Å². The topological polar surface area (TPSA) is 97.3 Å². The second-order valence-corrected chi connectivity index (χ2v) is 7.57. The Bertz CT molecular complexity index is 779. The van der Waals surface area contributed by atoms with Crippen LogP contribution in [0.2, 0.25) is 0 Å². The Morgan fingerprint density at radius 3 is 2.92 bits per heavy atom. The number of carbonyl (C=O) groups is 1. The number of rotatable bonds is 4. The molecule has 1 saturated heterocycles. The van der Waals surface area contributed by atoms with Crippen LogP contribution in [0.15, 0.2) is 16.8 Å². The molecular formula is C18H25N5O3. The molecule has 1 atom stereocenters. The molecule has 8 nitrogen and oxygen atoms in total. The highest BCUT2D eigenvalue weighted by Gasteiger charge is 2.38. The second kappa shape index (κ2) is 6.83. The van der Waals surface area contributed by atoms with Gasteiger partial charge in [0.15, 0.2) is 5.82 Å². The van der Waals surface area contributed by atoms with Gasteiger partial charge in [-0.1, -0.05) is 18.0 Å². The third kappa shape index (κ3) is 3.38. The quantitative estimate of drug-likeness (QED) is 0.895. The number of carbonyl (C=O) groups excluding carboxylic acids is 1. The number of hydrogen-bond acceptors (Lipinski definition) is 6. The molecule has 1 unspecified atom stereocenters. The minimum absolute atomic E-state index is 0.0609. The van der Waals surface area contributed by atoms with Gasteiger partial charge in [0.1, 0.15) is 5.69 Å². The summed E-state index contributed by atoms with van der Waals surface area (Å²) in [7, 11) is 0. The second-order valence-electron chi connectivity index (χ2n) is 7.57. The van der Waals surface area contributed by atoms with Gasteiger partial charge in [-0.2, -0.15) is 10.1 Å². The van der Waals surface area contributed by atoms with Crippen LogP contribution < -0.4 is 0 Å². The van der Waals surface area contributed by atoms with Gasteiger partial charge in [-0.25, -0.2) is 0 Å². The molecule has 0 radical (unpaired) electrons. The van der Waals surface area contributed by atoms with Crippen molar-refractivity contribution in [3.63, 3.8) is 0 Å². The van der Waals surface area contributed by atoms with E-state index in [1.165, 1.54) is 12.8 Å². The van der Waals surface area contributed by atoms with Crippen molar-refractivity contribution in [3.05, 3.63) is 29.7 Å². The maximum absolute atomic E-state index is 13.1. The molecule has 1 aliphatic carbocycles. The summed E-state index contributed by atoms with van der Waals surface area (Å²) in [6, 6.07) is 2.10. The maximum atomic E-state index is 13.1. The lowest BCUT2D eigenvalue weighted by Gasteiger charge is -2.38. The largest absolute Gasteiger partial charge is 0.388 e. The van der Waals surface area contributed by atoms with E-state index in [9.17, 15) is 9.90 Å². The van der Waals surface area contributed by atoms with Crippen molar-refractivity contribution in [3.8, 4) is 0 Å². The van der Waals surface area contributed by atoms with Crippen molar-refractivity contribution in [2.75, 3.05) is 13.1 Å². The fourth-order valence-electron chi connectivity index (χ4n) is 4.21. The first-order valence-electron chi connectivity index (χ1n) is 9.38. The molecule has 0 aromatic carbocycles. The number of piperidine rings is 1. The average molecular weight is 359 g/mol. The van der Waals surface area contributed by atoms with Crippen LogP contribution in [0.3, 0.4) is 0 Å². The lowest BCUT2D eigenvalue weighted by atomic mass is 9.89. The van der Waals surface area contributed by atoms with Crippen LogP contribution in [0, 0.1) is 6.92 Å². The van der Waals surface area contributed by atoms with Crippen LogP contribution in [-0.4, -0.2) is 54.5 Å². The molecule has 0 bridgehead atoms. The van der Waals surface area contributed by atoms with Crippen LogP contribution in [0.1, 0.15) is 66.8 Å². The molecule has 1 N–H and O–H groups in total. The van der Waals surface area contributed by atoms with Gasteiger partial charge in [-0.3, -0.25) is 9.48 Å². The van der Waals surface area contributed by atoms with Crippen molar-refractivity contribution in [1.29, 1.82) is 0 Å².